The van der Waals surface area contributed by atoms with Crippen molar-refractivity contribution in [3.8, 4) is 0 Å². The highest BCUT2D eigenvalue weighted by Gasteiger charge is 2.21. The van der Waals surface area contributed by atoms with E-state index < -0.39 is 0 Å². The molecule has 0 bridgehead atoms. The van der Waals surface area contributed by atoms with E-state index in [0.717, 1.165) is 101 Å². The second-order valence-corrected chi connectivity index (χ2v) is 9.78. The van der Waals surface area contributed by atoms with Gasteiger partial charge in [0.25, 0.3) is 0 Å². The van der Waals surface area contributed by atoms with Gasteiger partial charge in [-0.05, 0) is 51.2 Å². The summed E-state index contributed by atoms with van der Waals surface area (Å²) in [6.45, 7) is 10.6. The van der Waals surface area contributed by atoms with E-state index in [1.54, 1.807) is 0 Å². The van der Waals surface area contributed by atoms with E-state index in [-0.39, 0.29) is 0 Å². The van der Waals surface area contributed by atoms with Gasteiger partial charge in [-0.2, -0.15) is 0 Å². The van der Waals surface area contributed by atoms with Gasteiger partial charge < -0.3 is 30.2 Å². The summed E-state index contributed by atoms with van der Waals surface area (Å²) in [4.78, 5) is 27.5. The number of nitrogens with two attached hydrogens (primary N) is 1. The van der Waals surface area contributed by atoms with E-state index >= 15 is 0 Å². The highest BCUT2D eigenvalue weighted by Crippen LogP contribution is 2.26. The summed E-state index contributed by atoms with van der Waals surface area (Å²) in [5.74, 6) is 0.940. The minimum atomic E-state index is 0.708. The Morgan fingerprint density at radius 3 is 2.56 bits per heavy atom. The molecule has 0 unspecified atom stereocenters. The molecule has 3 N–H and O–H groups in total. The van der Waals surface area contributed by atoms with E-state index in [2.05, 4.69) is 48.7 Å². The third-order valence-corrected chi connectivity index (χ3v) is 7.16. The second-order valence-electron chi connectivity index (χ2n) is 9.78. The molecular formula is C26H39N9O. The smallest absolute Gasteiger partial charge is 0.179 e. The number of morpholine rings is 1. The SMILES string of the molecule is CN1CCN(c2ccnc3nc(CN(CCCCN)Cc4ncccc4N4CCOCC4)[nH]c23)CC1. The summed E-state index contributed by atoms with van der Waals surface area (Å²) in [7, 11) is 2.18. The zero-order chi connectivity index (χ0) is 24.7. The molecular weight excluding hydrogens is 454 g/mol. The molecule has 0 saturated carbocycles. The number of piperazine rings is 1. The zero-order valence-corrected chi connectivity index (χ0v) is 21.4. The molecule has 0 aliphatic carbocycles. The normalized spacial score (nSPS) is 17.4. The second kappa shape index (κ2) is 12.0. The molecule has 0 aromatic carbocycles. The first kappa shape index (κ1) is 24.9. The summed E-state index contributed by atoms with van der Waals surface area (Å²) in [5.41, 5.74) is 11.1. The fraction of sp³-hybridized carbons (Fsp3) is 0.577. The Morgan fingerprint density at radius 1 is 0.944 bits per heavy atom. The maximum atomic E-state index is 5.80. The van der Waals surface area contributed by atoms with Gasteiger partial charge in [0.05, 0.1) is 36.8 Å². The van der Waals surface area contributed by atoms with Crippen LogP contribution in [-0.4, -0.2) is 102 Å². The van der Waals surface area contributed by atoms with Crippen LogP contribution < -0.4 is 15.5 Å². The van der Waals surface area contributed by atoms with Crippen LogP contribution in [0.2, 0.25) is 0 Å². The van der Waals surface area contributed by atoms with Crippen molar-refractivity contribution in [1.82, 2.24) is 29.7 Å². The Balaban J connectivity index is 1.36. The van der Waals surface area contributed by atoms with Gasteiger partial charge in [0.15, 0.2) is 5.65 Å². The molecule has 2 saturated heterocycles. The van der Waals surface area contributed by atoms with E-state index in [0.29, 0.717) is 13.1 Å². The number of unbranched alkanes of at least 4 members (excludes halogenated alkanes) is 1. The first-order valence-corrected chi connectivity index (χ1v) is 13.2. The number of ether oxygens (including phenoxy) is 1. The molecule has 5 rings (SSSR count). The van der Waals surface area contributed by atoms with Crippen molar-refractivity contribution in [2.45, 2.75) is 25.9 Å². The fourth-order valence-electron chi connectivity index (χ4n) is 5.09. The van der Waals surface area contributed by atoms with Crippen LogP contribution in [0.3, 0.4) is 0 Å². The van der Waals surface area contributed by atoms with E-state index in [9.17, 15) is 0 Å². The number of likely N-dealkylation sites (N-methyl/N-ethyl adjacent to an activating group) is 1. The lowest BCUT2D eigenvalue weighted by Gasteiger charge is -2.34. The van der Waals surface area contributed by atoms with Gasteiger partial charge in [-0.3, -0.25) is 9.88 Å². The van der Waals surface area contributed by atoms with Crippen LogP contribution >= 0.6 is 0 Å². The van der Waals surface area contributed by atoms with Crippen molar-refractivity contribution >= 4 is 22.5 Å². The van der Waals surface area contributed by atoms with Gasteiger partial charge in [-0.15, -0.1) is 0 Å². The number of nitrogens with one attached hydrogen (secondary N) is 1. The van der Waals surface area contributed by atoms with Gasteiger partial charge in [0.1, 0.15) is 11.3 Å². The third kappa shape index (κ3) is 5.95. The molecule has 2 aliphatic rings. The van der Waals surface area contributed by atoms with Crippen molar-refractivity contribution < 1.29 is 4.74 Å². The summed E-state index contributed by atoms with van der Waals surface area (Å²) in [5, 5.41) is 0. The van der Waals surface area contributed by atoms with Gasteiger partial charge >= 0.3 is 0 Å². The van der Waals surface area contributed by atoms with Crippen LogP contribution in [-0.2, 0) is 17.8 Å². The minimum absolute atomic E-state index is 0.708. The maximum Gasteiger partial charge on any atom is 0.179 e. The summed E-state index contributed by atoms with van der Waals surface area (Å²) >= 11 is 0. The molecule has 5 heterocycles. The molecule has 3 aromatic heterocycles. The molecule has 0 amide bonds. The fourth-order valence-corrected chi connectivity index (χ4v) is 5.09. The topological polar surface area (TPSA) is 103 Å². The van der Waals surface area contributed by atoms with Gasteiger partial charge in [0, 0.05) is 58.2 Å². The van der Waals surface area contributed by atoms with Crippen molar-refractivity contribution in [2.24, 2.45) is 5.73 Å². The Kier molecular flexibility index (Phi) is 8.27. The Bertz CT molecular complexity index is 1110. The largest absolute Gasteiger partial charge is 0.378 e. The van der Waals surface area contributed by atoms with E-state index in [4.69, 9.17) is 20.4 Å². The summed E-state index contributed by atoms with van der Waals surface area (Å²) in [6.07, 6.45) is 5.82. The molecule has 2 fully saturated rings. The number of pyridine rings is 2. The number of hydrogen-bond acceptors (Lipinski definition) is 9. The number of nitrogens with zero attached hydrogens (tertiary/aromatic N) is 7. The van der Waals surface area contributed by atoms with E-state index in [1.807, 2.05) is 18.5 Å². The molecule has 10 nitrogen and oxygen atoms in total. The number of anilines is 2. The Morgan fingerprint density at radius 2 is 1.75 bits per heavy atom. The van der Waals surface area contributed by atoms with Crippen molar-refractivity contribution in [2.75, 3.05) is 82.4 Å². The third-order valence-electron chi connectivity index (χ3n) is 7.16. The van der Waals surface area contributed by atoms with Crippen LogP contribution in [0.25, 0.3) is 11.2 Å². The monoisotopic (exact) mass is 493 g/mol. The number of H-pyrrole nitrogens is 1. The number of imidazole rings is 1. The van der Waals surface area contributed by atoms with Gasteiger partial charge in [0.2, 0.25) is 0 Å². The summed E-state index contributed by atoms with van der Waals surface area (Å²) < 4.78 is 5.57. The first-order chi connectivity index (χ1) is 17.7. The van der Waals surface area contributed by atoms with Gasteiger partial charge in [-0.25, -0.2) is 9.97 Å². The standard InChI is InChI=1S/C26H39N9O/c1-32-11-13-34(14-12-32)23-6-9-29-26-25(23)30-24(31-26)20-33(10-3-2-7-27)19-21-22(5-4-8-28-21)35-15-17-36-18-16-35/h4-6,8-9H,2-3,7,10-20,27H2,1H3,(H,29,30,31). The minimum Gasteiger partial charge on any atom is -0.378 e. The molecule has 10 heteroatoms. The molecule has 0 atom stereocenters. The van der Waals surface area contributed by atoms with Crippen LogP contribution in [0.5, 0.6) is 0 Å². The van der Waals surface area contributed by atoms with E-state index in [1.165, 1.54) is 11.4 Å². The molecule has 194 valence electrons. The van der Waals surface area contributed by atoms with Crippen molar-refractivity contribution in [3.63, 3.8) is 0 Å². The predicted molar refractivity (Wildman–Crippen MR) is 143 cm³/mol. The zero-order valence-electron chi connectivity index (χ0n) is 21.4. The quantitative estimate of drug-likeness (QED) is 0.408. The average Bonchev–Trinajstić information content (AvgIpc) is 3.33. The Hall–Kier alpha value is -2.79. The molecule has 36 heavy (non-hydrogen) atoms. The average molecular weight is 494 g/mol. The number of fused-ring (bicyclic) bond motifs is 1. The molecule has 3 aromatic rings. The predicted octanol–water partition coefficient (Wildman–Crippen LogP) is 1.68. The van der Waals surface area contributed by atoms with Crippen molar-refractivity contribution in [1.29, 1.82) is 0 Å². The van der Waals surface area contributed by atoms with Crippen LogP contribution in [0.4, 0.5) is 11.4 Å². The highest BCUT2D eigenvalue weighted by atomic mass is 16.5. The first-order valence-electron chi connectivity index (χ1n) is 13.2. The molecule has 0 spiro atoms. The van der Waals surface area contributed by atoms with Crippen molar-refractivity contribution in [3.05, 3.63) is 42.1 Å². The van der Waals surface area contributed by atoms with Crippen LogP contribution in [0.15, 0.2) is 30.6 Å². The Labute approximate surface area is 213 Å². The van der Waals surface area contributed by atoms with Crippen LogP contribution in [0, 0.1) is 0 Å². The van der Waals surface area contributed by atoms with Crippen LogP contribution in [0.1, 0.15) is 24.4 Å². The number of hydrogen-bond donors (Lipinski definition) is 2. The number of aromatic nitrogens is 4. The highest BCUT2D eigenvalue weighted by molar-refractivity contribution is 5.86. The lowest BCUT2D eigenvalue weighted by Crippen LogP contribution is -2.44. The molecule has 2 aliphatic heterocycles. The number of rotatable bonds is 10. The maximum absolute atomic E-state index is 5.80. The lowest BCUT2D eigenvalue weighted by molar-refractivity contribution is 0.122. The molecule has 0 radical (unpaired) electrons. The summed E-state index contributed by atoms with van der Waals surface area (Å²) in [6, 6.07) is 6.31. The lowest BCUT2D eigenvalue weighted by atomic mass is 10.2. The van der Waals surface area contributed by atoms with Gasteiger partial charge in [-0.1, -0.05) is 0 Å². The number of aromatic amines is 1.